The van der Waals surface area contributed by atoms with Gasteiger partial charge in [0.05, 0.1) is 24.8 Å². The highest BCUT2D eigenvalue weighted by Crippen LogP contribution is 2.22. The Morgan fingerprint density at radius 1 is 1.15 bits per heavy atom. The molecule has 0 saturated carbocycles. The van der Waals surface area contributed by atoms with E-state index in [1.54, 1.807) is 0 Å². The van der Waals surface area contributed by atoms with E-state index >= 15 is 0 Å². The molecule has 27 heavy (non-hydrogen) atoms. The number of nitrogens with two attached hydrogens (primary N) is 1. The Hall–Kier alpha value is -1.18. The molecule has 0 aromatic carbocycles. The van der Waals surface area contributed by atoms with Crippen LogP contribution in [-0.2, 0) is 14.3 Å². The standard InChI is InChI=1S/C20H38N4O3/c1-14(2)19(21)20(26)22-11-18(25)24-9-6-17(7-10-24)5-8-23-12-15(3)27-16(4)13-23/h14-17,19H,5-13,21H2,1-4H3,(H,22,26)/t15?,16?,19-/m0/s1. The number of hydrogen-bond donors (Lipinski definition) is 2. The largest absolute Gasteiger partial charge is 0.373 e. The molecule has 2 fully saturated rings. The number of amides is 2. The van der Waals surface area contributed by atoms with Crippen molar-refractivity contribution >= 4 is 11.8 Å². The summed E-state index contributed by atoms with van der Waals surface area (Å²) in [5.41, 5.74) is 5.81. The second-order valence-corrected chi connectivity index (χ2v) is 8.62. The highest BCUT2D eigenvalue weighted by molar-refractivity contribution is 5.87. The van der Waals surface area contributed by atoms with Gasteiger partial charge in [-0.2, -0.15) is 0 Å². The zero-order valence-electron chi connectivity index (χ0n) is 17.4. The van der Waals surface area contributed by atoms with Crippen LogP contribution in [0.25, 0.3) is 0 Å². The summed E-state index contributed by atoms with van der Waals surface area (Å²) < 4.78 is 5.79. The highest BCUT2D eigenvalue weighted by Gasteiger charge is 2.26. The number of piperidine rings is 1. The van der Waals surface area contributed by atoms with Gasteiger partial charge >= 0.3 is 0 Å². The van der Waals surface area contributed by atoms with E-state index in [1.807, 2.05) is 18.7 Å². The topological polar surface area (TPSA) is 87.9 Å². The fourth-order valence-electron chi connectivity index (χ4n) is 4.00. The van der Waals surface area contributed by atoms with Crippen LogP contribution in [0.1, 0.15) is 47.0 Å². The summed E-state index contributed by atoms with van der Waals surface area (Å²) in [4.78, 5) is 28.6. The van der Waals surface area contributed by atoms with Gasteiger partial charge in [-0.15, -0.1) is 0 Å². The Balaban J connectivity index is 1.64. The molecule has 0 aromatic rings. The van der Waals surface area contributed by atoms with Crippen molar-refractivity contribution in [1.82, 2.24) is 15.1 Å². The van der Waals surface area contributed by atoms with Gasteiger partial charge in [0.25, 0.3) is 0 Å². The van der Waals surface area contributed by atoms with E-state index in [-0.39, 0.29) is 24.3 Å². The Bertz CT molecular complexity index is 482. The SMILES string of the molecule is CC1CN(CCC2CCN(C(=O)CNC(=O)[C@@H](N)C(C)C)CC2)CC(C)O1. The minimum absolute atomic E-state index is 0.00594. The molecule has 2 unspecified atom stereocenters. The van der Waals surface area contributed by atoms with Crippen molar-refractivity contribution in [2.45, 2.75) is 65.2 Å². The second kappa shape index (κ2) is 10.4. The minimum atomic E-state index is -0.561. The molecule has 2 amide bonds. The van der Waals surface area contributed by atoms with Crippen LogP contribution in [0.3, 0.4) is 0 Å². The first-order valence-corrected chi connectivity index (χ1v) is 10.4. The molecule has 7 nitrogen and oxygen atoms in total. The monoisotopic (exact) mass is 382 g/mol. The number of rotatable bonds is 7. The second-order valence-electron chi connectivity index (χ2n) is 8.62. The Labute approximate surface area is 164 Å². The van der Waals surface area contributed by atoms with Crippen molar-refractivity contribution < 1.29 is 14.3 Å². The van der Waals surface area contributed by atoms with Crippen molar-refractivity contribution in [3.8, 4) is 0 Å². The summed E-state index contributed by atoms with van der Waals surface area (Å²) in [7, 11) is 0. The van der Waals surface area contributed by atoms with Crippen LogP contribution in [0.5, 0.6) is 0 Å². The molecule has 3 N–H and O–H groups in total. The lowest BCUT2D eigenvalue weighted by Crippen LogP contribution is -2.49. The van der Waals surface area contributed by atoms with Crippen LogP contribution < -0.4 is 11.1 Å². The normalized spacial score (nSPS) is 26.2. The van der Waals surface area contributed by atoms with Gasteiger partial charge in [-0.05, 0) is 51.5 Å². The average Bonchev–Trinajstić information content (AvgIpc) is 2.63. The molecule has 0 radical (unpaired) electrons. The first-order valence-electron chi connectivity index (χ1n) is 10.4. The molecule has 2 heterocycles. The number of nitrogens with one attached hydrogen (secondary N) is 1. The van der Waals surface area contributed by atoms with Gasteiger partial charge < -0.3 is 20.7 Å². The van der Waals surface area contributed by atoms with E-state index in [1.165, 1.54) is 6.42 Å². The van der Waals surface area contributed by atoms with E-state index in [0.29, 0.717) is 18.1 Å². The summed E-state index contributed by atoms with van der Waals surface area (Å²) >= 11 is 0. The maximum atomic E-state index is 12.3. The molecule has 7 heteroatoms. The van der Waals surface area contributed by atoms with Crippen LogP contribution in [-0.4, -0.2) is 79.1 Å². The average molecular weight is 383 g/mol. The van der Waals surface area contributed by atoms with Crippen LogP contribution in [0.4, 0.5) is 0 Å². The zero-order chi connectivity index (χ0) is 20.0. The van der Waals surface area contributed by atoms with Gasteiger partial charge in [-0.25, -0.2) is 0 Å². The van der Waals surface area contributed by atoms with Crippen LogP contribution >= 0.6 is 0 Å². The molecule has 2 aliphatic rings. The van der Waals surface area contributed by atoms with Crippen molar-refractivity contribution in [1.29, 1.82) is 0 Å². The van der Waals surface area contributed by atoms with Crippen molar-refractivity contribution in [2.75, 3.05) is 39.3 Å². The van der Waals surface area contributed by atoms with Gasteiger partial charge in [0.15, 0.2) is 0 Å². The maximum absolute atomic E-state index is 12.3. The van der Waals surface area contributed by atoms with Crippen LogP contribution in [0.15, 0.2) is 0 Å². The Morgan fingerprint density at radius 3 is 2.30 bits per heavy atom. The van der Waals surface area contributed by atoms with E-state index in [2.05, 4.69) is 24.1 Å². The summed E-state index contributed by atoms with van der Waals surface area (Å²) in [6, 6.07) is -0.561. The van der Waals surface area contributed by atoms with Crippen LogP contribution in [0.2, 0.25) is 0 Å². The zero-order valence-corrected chi connectivity index (χ0v) is 17.4. The summed E-state index contributed by atoms with van der Waals surface area (Å²) in [5.74, 6) is 0.482. The molecule has 2 rings (SSSR count). The highest BCUT2D eigenvalue weighted by atomic mass is 16.5. The van der Waals surface area contributed by atoms with E-state index in [9.17, 15) is 9.59 Å². The molecule has 0 aromatic heterocycles. The number of ether oxygens (including phenoxy) is 1. The third-order valence-corrected chi connectivity index (χ3v) is 5.75. The molecular weight excluding hydrogens is 344 g/mol. The Morgan fingerprint density at radius 2 is 1.74 bits per heavy atom. The predicted molar refractivity (Wildman–Crippen MR) is 106 cm³/mol. The van der Waals surface area contributed by atoms with E-state index in [4.69, 9.17) is 10.5 Å². The fraction of sp³-hybridized carbons (Fsp3) is 0.900. The lowest BCUT2D eigenvalue weighted by atomic mass is 9.93. The van der Waals surface area contributed by atoms with Gasteiger partial charge in [-0.1, -0.05) is 13.8 Å². The van der Waals surface area contributed by atoms with Crippen molar-refractivity contribution in [3.05, 3.63) is 0 Å². The first kappa shape index (κ1) is 22.1. The van der Waals surface area contributed by atoms with Gasteiger partial charge in [-0.3, -0.25) is 14.5 Å². The maximum Gasteiger partial charge on any atom is 0.241 e. The lowest BCUT2D eigenvalue weighted by molar-refractivity contribution is -0.134. The predicted octanol–water partition coefficient (Wildman–Crippen LogP) is 0.824. The fourth-order valence-corrected chi connectivity index (χ4v) is 4.00. The van der Waals surface area contributed by atoms with Gasteiger partial charge in [0.1, 0.15) is 0 Å². The minimum Gasteiger partial charge on any atom is -0.373 e. The number of carbonyl (C=O) groups excluding carboxylic acids is 2. The van der Waals surface area contributed by atoms with Gasteiger partial charge in [0, 0.05) is 26.2 Å². The number of nitrogens with zero attached hydrogens (tertiary/aromatic N) is 2. The quantitative estimate of drug-likeness (QED) is 0.681. The van der Waals surface area contributed by atoms with E-state index in [0.717, 1.165) is 45.6 Å². The van der Waals surface area contributed by atoms with Crippen LogP contribution in [0, 0.1) is 11.8 Å². The molecule has 0 bridgehead atoms. The molecule has 0 spiro atoms. The molecule has 156 valence electrons. The number of likely N-dealkylation sites (tertiary alicyclic amines) is 1. The molecule has 2 aliphatic heterocycles. The third-order valence-electron chi connectivity index (χ3n) is 5.75. The number of carbonyl (C=O) groups is 2. The summed E-state index contributed by atoms with van der Waals surface area (Å²) in [6.07, 6.45) is 3.89. The molecular formula is C20H38N4O3. The van der Waals surface area contributed by atoms with Crippen molar-refractivity contribution in [3.63, 3.8) is 0 Å². The first-order chi connectivity index (χ1) is 12.8. The summed E-state index contributed by atoms with van der Waals surface area (Å²) in [6.45, 7) is 12.8. The molecule has 2 saturated heterocycles. The molecule has 3 atom stereocenters. The smallest absolute Gasteiger partial charge is 0.241 e. The van der Waals surface area contributed by atoms with Gasteiger partial charge in [0.2, 0.25) is 11.8 Å². The third kappa shape index (κ3) is 7.05. The lowest BCUT2D eigenvalue weighted by Gasteiger charge is -2.37. The molecule has 0 aliphatic carbocycles. The number of morpholine rings is 1. The van der Waals surface area contributed by atoms with E-state index < -0.39 is 6.04 Å². The summed E-state index contributed by atoms with van der Waals surface area (Å²) in [5, 5.41) is 2.67. The number of hydrogen-bond acceptors (Lipinski definition) is 5. The Kier molecular flexibility index (Phi) is 8.51. The van der Waals surface area contributed by atoms with Crippen molar-refractivity contribution in [2.24, 2.45) is 17.6 Å².